The van der Waals surface area contributed by atoms with Gasteiger partial charge in [-0.2, -0.15) is 0 Å². The van der Waals surface area contributed by atoms with Crippen molar-refractivity contribution in [1.82, 2.24) is 9.97 Å². The number of nitrogens with one attached hydrogen (secondary N) is 1. The molecular formula is C12H9ClFN3O2. The van der Waals surface area contributed by atoms with Gasteiger partial charge in [0.1, 0.15) is 5.82 Å². The number of halogens is 2. The number of anilines is 2. The van der Waals surface area contributed by atoms with Crippen LogP contribution in [-0.2, 0) is 0 Å². The van der Waals surface area contributed by atoms with Crippen molar-refractivity contribution in [3.8, 4) is 0 Å². The van der Waals surface area contributed by atoms with E-state index in [2.05, 4.69) is 15.3 Å². The van der Waals surface area contributed by atoms with Crippen LogP contribution in [0.25, 0.3) is 0 Å². The number of benzene rings is 1. The standard InChI is InChI=1S/C12H9ClFN3O2/c1-6-10(11(18)19)5-15-12(16-6)17-9-3-7(13)2-8(14)4-9/h2-5H,1H3,(H,18,19)(H,15,16,17). The molecular weight excluding hydrogens is 273 g/mol. The third-order valence-corrected chi connectivity index (χ3v) is 2.55. The number of carboxylic acids is 1. The van der Waals surface area contributed by atoms with E-state index in [9.17, 15) is 9.18 Å². The molecule has 0 radical (unpaired) electrons. The number of nitrogens with zero attached hydrogens (tertiary/aromatic N) is 2. The number of hydrogen-bond acceptors (Lipinski definition) is 4. The molecule has 0 saturated carbocycles. The summed E-state index contributed by atoms with van der Waals surface area (Å²) in [5.41, 5.74) is 0.711. The number of aromatic nitrogens is 2. The monoisotopic (exact) mass is 281 g/mol. The van der Waals surface area contributed by atoms with Crippen LogP contribution >= 0.6 is 11.6 Å². The predicted molar refractivity (Wildman–Crippen MR) is 68.4 cm³/mol. The summed E-state index contributed by atoms with van der Waals surface area (Å²) in [5.74, 6) is -1.42. The Morgan fingerprint density at radius 3 is 2.74 bits per heavy atom. The summed E-state index contributed by atoms with van der Waals surface area (Å²) in [5, 5.41) is 11.8. The zero-order valence-corrected chi connectivity index (χ0v) is 10.6. The van der Waals surface area contributed by atoms with Crippen LogP contribution in [0.2, 0.25) is 5.02 Å². The van der Waals surface area contributed by atoms with E-state index < -0.39 is 11.8 Å². The minimum absolute atomic E-state index is 0.0165. The lowest BCUT2D eigenvalue weighted by molar-refractivity contribution is 0.0695. The van der Waals surface area contributed by atoms with E-state index in [1.165, 1.54) is 24.4 Å². The summed E-state index contributed by atoms with van der Waals surface area (Å²) in [4.78, 5) is 18.6. The lowest BCUT2D eigenvalue weighted by Gasteiger charge is -2.07. The molecule has 1 heterocycles. The summed E-state index contributed by atoms with van der Waals surface area (Å²) < 4.78 is 13.1. The first-order valence-corrected chi connectivity index (χ1v) is 5.63. The van der Waals surface area contributed by atoms with Gasteiger partial charge >= 0.3 is 5.97 Å². The second kappa shape index (κ2) is 5.19. The van der Waals surface area contributed by atoms with Crippen molar-refractivity contribution in [2.75, 3.05) is 5.32 Å². The highest BCUT2D eigenvalue weighted by Crippen LogP contribution is 2.20. The zero-order valence-electron chi connectivity index (χ0n) is 9.82. The van der Waals surface area contributed by atoms with Crippen LogP contribution in [0.15, 0.2) is 24.4 Å². The van der Waals surface area contributed by atoms with Gasteiger partial charge in [0.2, 0.25) is 5.95 Å². The summed E-state index contributed by atoms with van der Waals surface area (Å²) in [6, 6.07) is 3.91. The largest absolute Gasteiger partial charge is 0.478 e. The number of carbonyl (C=O) groups is 1. The minimum Gasteiger partial charge on any atom is -0.478 e. The molecule has 0 bridgehead atoms. The molecule has 98 valence electrons. The van der Waals surface area contributed by atoms with Gasteiger partial charge in [0.25, 0.3) is 0 Å². The van der Waals surface area contributed by atoms with Crippen LogP contribution in [0.1, 0.15) is 16.1 Å². The molecule has 0 aliphatic carbocycles. The normalized spacial score (nSPS) is 10.3. The van der Waals surface area contributed by atoms with Crippen LogP contribution in [0, 0.1) is 12.7 Å². The van der Waals surface area contributed by atoms with Crippen LogP contribution in [0.3, 0.4) is 0 Å². The molecule has 0 aliphatic rings. The molecule has 0 atom stereocenters. The van der Waals surface area contributed by atoms with E-state index in [4.69, 9.17) is 16.7 Å². The molecule has 0 amide bonds. The molecule has 2 rings (SSSR count). The Kier molecular flexibility index (Phi) is 3.62. The van der Waals surface area contributed by atoms with Gasteiger partial charge in [0, 0.05) is 16.9 Å². The molecule has 1 aromatic heterocycles. The van der Waals surface area contributed by atoms with Crippen molar-refractivity contribution < 1.29 is 14.3 Å². The molecule has 7 heteroatoms. The van der Waals surface area contributed by atoms with Gasteiger partial charge in [-0.05, 0) is 25.1 Å². The fourth-order valence-electron chi connectivity index (χ4n) is 1.49. The highest BCUT2D eigenvalue weighted by Gasteiger charge is 2.10. The predicted octanol–water partition coefficient (Wildman–Crippen LogP) is 3.02. The molecule has 0 spiro atoms. The van der Waals surface area contributed by atoms with Crippen LogP contribution < -0.4 is 5.32 Å². The number of hydrogen-bond donors (Lipinski definition) is 2. The SMILES string of the molecule is Cc1nc(Nc2cc(F)cc(Cl)c2)ncc1C(=O)O. The van der Waals surface area contributed by atoms with Gasteiger partial charge in [0.15, 0.2) is 0 Å². The van der Waals surface area contributed by atoms with E-state index in [-0.39, 0.29) is 16.5 Å². The minimum atomic E-state index is -1.10. The second-order valence-electron chi connectivity index (χ2n) is 3.78. The Morgan fingerprint density at radius 2 is 2.16 bits per heavy atom. The maximum Gasteiger partial charge on any atom is 0.339 e. The maximum absolute atomic E-state index is 13.1. The Morgan fingerprint density at radius 1 is 1.42 bits per heavy atom. The van der Waals surface area contributed by atoms with Crippen molar-refractivity contribution in [3.05, 3.63) is 46.5 Å². The third-order valence-electron chi connectivity index (χ3n) is 2.33. The summed E-state index contributed by atoms with van der Waals surface area (Å²) >= 11 is 5.72. The molecule has 2 N–H and O–H groups in total. The summed E-state index contributed by atoms with van der Waals surface area (Å²) in [6.07, 6.45) is 1.19. The van der Waals surface area contributed by atoms with Gasteiger partial charge in [0.05, 0.1) is 11.3 Å². The molecule has 0 saturated heterocycles. The summed E-state index contributed by atoms with van der Waals surface area (Å²) in [7, 11) is 0. The maximum atomic E-state index is 13.1. The van der Waals surface area contributed by atoms with E-state index in [0.717, 1.165) is 0 Å². The topological polar surface area (TPSA) is 75.1 Å². The van der Waals surface area contributed by atoms with Gasteiger partial charge in [-0.3, -0.25) is 0 Å². The molecule has 0 fully saturated rings. The highest BCUT2D eigenvalue weighted by molar-refractivity contribution is 6.30. The Labute approximate surface area is 113 Å². The smallest absolute Gasteiger partial charge is 0.339 e. The van der Waals surface area contributed by atoms with Gasteiger partial charge in [-0.1, -0.05) is 11.6 Å². The fourth-order valence-corrected chi connectivity index (χ4v) is 1.71. The molecule has 2 aromatic rings. The average Bonchev–Trinajstić information content (AvgIpc) is 2.26. The van der Waals surface area contributed by atoms with E-state index >= 15 is 0 Å². The van der Waals surface area contributed by atoms with Crippen LogP contribution in [0.4, 0.5) is 16.0 Å². The second-order valence-corrected chi connectivity index (χ2v) is 4.22. The molecule has 5 nitrogen and oxygen atoms in total. The Balaban J connectivity index is 2.28. The number of carboxylic acid groups (broad SMARTS) is 1. The lowest BCUT2D eigenvalue weighted by Crippen LogP contribution is -2.06. The molecule has 0 aliphatic heterocycles. The van der Waals surface area contributed by atoms with Gasteiger partial charge in [-0.25, -0.2) is 19.2 Å². The summed E-state index contributed by atoms with van der Waals surface area (Å²) in [6.45, 7) is 1.55. The third kappa shape index (κ3) is 3.17. The lowest BCUT2D eigenvalue weighted by atomic mass is 10.2. The molecule has 19 heavy (non-hydrogen) atoms. The first kappa shape index (κ1) is 13.2. The van der Waals surface area contributed by atoms with Crippen molar-refractivity contribution in [3.63, 3.8) is 0 Å². The van der Waals surface area contributed by atoms with Crippen molar-refractivity contribution in [1.29, 1.82) is 0 Å². The molecule has 0 unspecified atom stereocenters. The van der Waals surface area contributed by atoms with Crippen LogP contribution in [0.5, 0.6) is 0 Å². The quantitative estimate of drug-likeness (QED) is 0.904. The van der Waals surface area contributed by atoms with Gasteiger partial charge in [-0.15, -0.1) is 0 Å². The number of aromatic carboxylic acids is 1. The molecule has 1 aromatic carbocycles. The first-order chi connectivity index (χ1) is 8.95. The van der Waals surface area contributed by atoms with E-state index in [1.807, 2.05) is 0 Å². The Hall–Kier alpha value is -2.21. The highest BCUT2D eigenvalue weighted by atomic mass is 35.5. The number of aryl methyl sites for hydroxylation is 1. The zero-order chi connectivity index (χ0) is 14.0. The van der Waals surface area contributed by atoms with Gasteiger partial charge < -0.3 is 10.4 Å². The van der Waals surface area contributed by atoms with Crippen LogP contribution in [-0.4, -0.2) is 21.0 Å². The fraction of sp³-hybridized carbons (Fsp3) is 0.0833. The van der Waals surface area contributed by atoms with Crippen molar-refractivity contribution in [2.24, 2.45) is 0 Å². The van der Waals surface area contributed by atoms with E-state index in [1.54, 1.807) is 6.92 Å². The van der Waals surface area contributed by atoms with Crippen molar-refractivity contribution >= 4 is 29.2 Å². The Bertz CT molecular complexity index is 629. The first-order valence-electron chi connectivity index (χ1n) is 5.26. The van der Waals surface area contributed by atoms with E-state index in [0.29, 0.717) is 11.4 Å². The number of rotatable bonds is 3. The average molecular weight is 282 g/mol. The van der Waals surface area contributed by atoms with Crippen molar-refractivity contribution in [2.45, 2.75) is 6.92 Å².